The fourth-order valence-corrected chi connectivity index (χ4v) is 3.58. The highest BCUT2D eigenvalue weighted by Gasteiger charge is 2.23. The Morgan fingerprint density at radius 2 is 1.70 bits per heavy atom. The van der Waals surface area contributed by atoms with Crippen LogP contribution in [-0.4, -0.2) is 54.0 Å². The average molecular weight is 437 g/mol. The second-order valence-corrected chi connectivity index (χ2v) is 8.81. The number of rotatable bonds is 10. The van der Waals surface area contributed by atoms with Crippen LogP contribution < -0.4 is 23.8 Å². The van der Waals surface area contributed by atoms with E-state index >= 15 is 0 Å². The van der Waals surface area contributed by atoms with Gasteiger partial charge in [-0.25, -0.2) is 8.42 Å². The van der Waals surface area contributed by atoms with Crippen LogP contribution in [0.4, 0.5) is 5.69 Å². The van der Waals surface area contributed by atoms with Gasteiger partial charge in [-0.1, -0.05) is 17.7 Å². The Bertz CT molecular complexity index is 960. The van der Waals surface area contributed by atoms with Crippen molar-refractivity contribution in [1.82, 2.24) is 5.32 Å². The molecule has 2 rings (SSSR count). The first-order valence-corrected chi connectivity index (χ1v) is 11.2. The van der Waals surface area contributed by atoms with E-state index in [0.29, 0.717) is 22.9 Å². The maximum Gasteiger partial charge on any atom is 0.241 e. The summed E-state index contributed by atoms with van der Waals surface area (Å²) in [6, 6.07) is 11.9. The van der Waals surface area contributed by atoms with Gasteiger partial charge < -0.3 is 19.5 Å². The van der Waals surface area contributed by atoms with Crippen LogP contribution in [-0.2, 0) is 14.8 Å². The van der Waals surface area contributed by atoms with Gasteiger partial charge in [-0.05, 0) is 38.1 Å². The lowest BCUT2D eigenvalue weighted by molar-refractivity contribution is -0.120. The molecule has 0 aliphatic heterocycles. The molecular weight excluding hydrogens is 408 g/mol. The summed E-state index contributed by atoms with van der Waals surface area (Å²) >= 11 is 0. The van der Waals surface area contributed by atoms with Crippen LogP contribution in [0.1, 0.15) is 12.5 Å². The number of methoxy groups -OCH3 is 2. The Labute approximate surface area is 177 Å². The number of hydrogen-bond acceptors (Lipinski definition) is 6. The van der Waals surface area contributed by atoms with Gasteiger partial charge in [0, 0.05) is 6.07 Å². The molecule has 0 saturated heterocycles. The molecule has 0 aromatic heterocycles. The fraction of sp³-hybridized carbons (Fsp3) is 0.381. The molecule has 9 heteroatoms. The normalized spacial score (nSPS) is 12.0. The Morgan fingerprint density at radius 3 is 2.27 bits per heavy atom. The zero-order valence-electron chi connectivity index (χ0n) is 17.8. The van der Waals surface area contributed by atoms with Gasteiger partial charge in [0.25, 0.3) is 0 Å². The Kier molecular flexibility index (Phi) is 7.93. The molecule has 0 saturated carbocycles. The van der Waals surface area contributed by atoms with Crippen molar-refractivity contribution in [1.29, 1.82) is 0 Å². The quantitative estimate of drug-likeness (QED) is 0.615. The number of sulfonamides is 1. The average Bonchev–Trinajstić information content (AvgIpc) is 2.70. The summed E-state index contributed by atoms with van der Waals surface area (Å²) in [5, 5.41) is 2.76. The minimum absolute atomic E-state index is 0.254. The molecule has 0 aliphatic carbocycles. The summed E-state index contributed by atoms with van der Waals surface area (Å²) in [5.74, 6) is 1.07. The molecule has 0 aliphatic rings. The summed E-state index contributed by atoms with van der Waals surface area (Å²) in [4.78, 5) is 12.5. The van der Waals surface area contributed by atoms with Crippen molar-refractivity contribution in [3.05, 3.63) is 48.0 Å². The van der Waals surface area contributed by atoms with Crippen molar-refractivity contribution in [2.24, 2.45) is 0 Å². The van der Waals surface area contributed by atoms with Crippen molar-refractivity contribution < 1.29 is 27.4 Å². The monoisotopic (exact) mass is 436 g/mol. The lowest BCUT2D eigenvalue weighted by Crippen LogP contribution is -2.44. The molecule has 164 valence electrons. The minimum atomic E-state index is -3.71. The van der Waals surface area contributed by atoms with E-state index in [1.807, 2.05) is 31.2 Å². The molecule has 2 aromatic rings. The molecule has 1 N–H and O–H groups in total. The maximum atomic E-state index is 12.5. The Morgan fingerprint density at radius 1 is 1.07 bits per heavy atom. The summed E-state index contributed by atoms with van der Waals surface area (Å²) in [7, 11) is -0.769. The molecule has 0 spiro atoms. The van der Waals surface area contributed by atoms with Crippen molar-refractivity contribution in [3.8, 4) is 17.2 Å². The number of benzene rings is 2. The van der Waals surface area contributed by atoms with Crippen LogP contribution >= 0.6 is 0 Å². The van der Waals surface area contributed by atoms with Gasteiger partial charge in [-0.3, -0.25) is 9.10 Å². The predicted octanol–water partition coefficient (Wildman–Crippen LogP) is 2.36. The third-order valence-electron chi connectivity index (χ3n) is 4.27. The molecule has 0 bridgehead atoms. The molecule has 0 radical (unpaired) electrons. The third-order valence-corrected chi connectivity index (χ3v) is 5.41. The van der Waals surface area contributed by atoms with Gasteiger partial charge in [-0.15, -0.1) is 0 Å². The minimum Gasteiger partial charge on any atom is -0.493 e. The number of aryl methyl sites for hydroxylation is 1. The van der Waals surface area contributed by atoms with Crippen LogP contribution in [0.25, 0.3) is 0 Å². The van der Waals surface area contributed by atoms with Gasteiger partial charge in [0.2, 0.25) is 15.9 Å². The van der Waals surface area contributed by atoms with Crippen molar-refractivity contribution in [2.75, 3.05) is 37.9 Å². The van der Waals surface area contributed by atoms with Crippen LogP contribution in [0.15, 0.2) is 42.5 Å². The first-order valence-electron chi connectivity index (χ1n) is 9.32. The van der Waals surface area contributed by atoms with Crippen LogP contribution in [0.5, 0.6) is 17.2 Å². The Hall–Kier alpha value is -2.94. The topological polar surface area (TPSA) is 94.2 Å². The van der Waals surface area contributed by atoms with Crippen LogP contribution in [0.3, 0.4) is 0 Å². The number of anilines is 1. The van der Waals surface area contributed by atoms with E-state index in [4.69, 9.17) is 14.2 Å². The molecule has 2 aromatic carbocycles. The smallest absolute Gasteiger partial charge is 0.241 e. The van der Waals surface area contributed by atoms with Gasteiger partial charge in [0.1, 0.15) is 18.9 Å². The van der Waals surface area contributed by atoms with Gasteiger partial charge in [0.05, 0.1) is 32.2 Å². The molecule has 30 heavy (non-hydrogen) atoms. The highest BCUT2D eigenvalue weighted by Crippen LogP contribution is 2.32. The number of carbonyl (C=O) groups is 1. The zero-order valence-corrected chi connectivity index (χ0v) is 18.7. The second kappa shape index (κ2) is 10.2. The van der Waals surface area contributed by atoms with E-state index in [-0.39, 0.29) is 19.2 Å². The van der Waals surface area contributed by atoms with Crippen LogP contribution in [0, 0.1) is 6.92 Å². The number of nitrogens with zero attached hydrogens (tertiary/aromatic N) is 1. The highest BCUT2D eigenvalue weighted by molar-refractivity contribution is 7.92. The van der Waals surface area contributed by atoms with E-state index in [2.05, 4.69) is 5.32 Å². The Balaban J connectivity index is 2.04. The maximum absolute atomic E-state index is 12.5. The SMILES string of the molecule is COc1ccc(N(CC(=O)N[C@@H](C)COc2ccc(C)cc2)S(C)(=O)=O)cc1OC. The molecular formula is C21H28N2O6S. The van der Waals surface area contributed by atoms with Crippen LogP contribution in [0.2, 0.25) is 0 Å². The summed E-state index contributed by atoms with van der Waals surface area (Å²) in [5.41, 5.74) is 1.42. The first-order chi connectivity index (χ1) is 14.1. The van der Waals surface area contributed by atoms with E-state index in [1.165, 1.54) is 20.3 Å². The summed E-state index contributed by atoms with van der Waals surface area (Å²) in [6.45, 7) is 3.65. The fourth-order valence-electron chi connectivity index (χ4n) is 2.73. The lowest BCUT2D eigenvalue weighted by Gasteiger charge is -2.24. The first kappa shape index (κ1) is 23.3. The number of amides is 1. The second-order valence-electron chi connectivity index (χ2n) is 6.90. The largest absolute Gasteiger partial charge is 0.493 e. The predicted molar refractivity (Wildman–Crippen MR) is 116 cm³/mol. The molecule has 0 unspecified atom stereocenters. The van der Waals surface area contributed by atoms with Gasteiger partial charge in [-0.2, -0.15) is 0 Å². The highest BCUT2D eigenvalue weighted by atomic mass is 32.2. The van der Waals surface area contributed by atoms with Crippen molar-refractivity contribution in [2.45, 2.75) is 19.9 Å². The molecule has 1 atom stereocenters. The van der Waals surface area contributed by atoms with E-state index in [1.54, 1.807) is 19.1 Å². The van der Waals surface area contributed by atoms with E-state index in [0.717, 1.165) is 16.1 Å². The van der Waals surface area contributed by atoms with E-state index in [9.17, 15) is 13.2 Å². The summed E-state index contributed by atoms with van der Waals surface area (Å²) in [6.07, 6.45) is 1.04. The zero-order chi connectivity index (χ0) is 22.3. The summed E-state index contributed by atoms with van der Waals surface area (Å²) < 4.78 is 41.7. The van der Waals surface area contributed by atoms with Gasteiger partial charge in [0.15, 0.2) is 11.5 Å². The standard InChI is InChI=1S/C21H28N2O6S/c1-15-6-9-18(10-7-15)29-14-16(2)22-21(24)13-23(30(5,25)26)17-8-11-19(27-3)20(12-17)28-4/h6-12,16H,13-14H2,1-5H3,(H,22,24)/t16-/m0/s1. The van der Waals surface area contributed by atoms with Crippen molar-refractivity contribution >= 4 is 21.6 Å². The third kappa shape index (κ3) is 6.55. The number of carbonyl (C=O) groups excluding carboxylic acids is 1. The number of ether oxygens (including phenoxy) is 3. The molecule has 0 fully saturated rings. The number of hydrogen-bond donors (Lipinski definition) is 1. The van der Waals surface area contributed by atoms with E-state index < -0.39 is 15.9 Å². The van der Waals surface area contributed by atoms with Crippen molar-refractivity contribution in [3.63, 3.8) is 0 Å². The lowest BCUT2D eigenvalue weighted by atomic mass is 10.2. The molecule has 0 heterocycles. The molecule has 1 amide bonds. The van der Waals surface area contributed by atoms with Gasteiger partial charge >= 0.3 is 0 Å². The number of nitrogens with one attached hydrogen (secondary N) is 1. The molecule has 8 nitrogen and oxygen atoms in total.